The van der Waals surface area contributed by atoms with E-state index in [4.69, 9.17) is 4.74 Å². The Labute approximate surface area is 187 Å². The van der Waals surface area contributed by atoms with Crippen LogP contribution in [0.3, 0.4) is 0 Å². The monoisotopic (exact) mass is 467 g/mol. The first kappa shape index (κ1) is 22.3. The Bertz CT molecular complexity index is 1070. The molecule has 3 atom stereocenters. The molecular formula is C23H24F3NO2S2. The highest BCUT2D eigenvalue weighted by atomic mass is 32.1. The Hall–Kier alpha value is -1.93. The standard InChI is InChI=1S/C23H24F3NO2S2/c1-12(2)14-7-6-13(3)9-18(14)29-22(28)20-10-15-16(23(24,25)26)11-17(27-21(15)31-20)19-5-4-8-30-19/h4-5,8,10-14,18H,6-7,9H2,1-3H3. The summed E-state index contributed by atoms with van der Waals surface area (Å²) in [5.41, 5.74) is -0.514. The van der Waals surface area contributed by atoms with Gasteiger partial charge in [-0.2, -0.15) is 13.2 Å². The molecule has 3 nitrogen and oxygen atoms in total. The molecule has 1 aliphatic carbocycles. The number of carbonyl (C=O) groups is 1. The third-order valence-corrected chi connectivity index (χ3v) is 7.91. The molecular weight excluding hydrogens is 443 g/mol. The number of pyridine rings is 1. The molecule has 31 heavy (non-hydrogen) atoms. The zero-order valence-corrected chi connectivity index (χ0v) is 19.2. The average Bonchev–Trinajstić information content (AvgIpc) is 3.36. The minimum atomic E-state index is -4.54. The number of halogens is 3. The molecule has 3 heterocycles. The maximum Gasteiger partial charge on any atom is 0.417 e. The highest BCUT2D eigenvalue weighted by Crippen LogP contribution is 2.41. The van der Waals surface area contributed by atoms with E-state index in [9.17, 15) is 18.0 Å². The molecule has 0 saturated heterocycles. The quantitative estimate of drug-likeness (QED) is 0.370. The van der Waals surface area contributed by atoms with Gasteiger partial charge in [0.15, 0.2) is 0 Å². The Morgan fingerprint density at radius 1 is 1.26 bits per heavy atom. The summed E-state index contributed by atoms with van der Waals surface area (Å²) >= 11 is 2.29. The van der Waals surface area contributed by atoms with Crippen LogP contribution in [0.1, 0.15) is 55.3 Å². The predicted molar refractivity (Wildman–Crippen MR) is 118 cm³/mol. The van der Waals surface area contributed by atoms with Crippen molar-refractivity contribution in [3.05, 3.63) is 40.1 Å². The fourth-order valence-electron chi connectivity index (χ4n) is 4.35. The third-order valence-electron chi connectivity index (χ3n) is 6.01. The van der Waals surface area contributed by atoms with Crippen LogP contribution in [0.25, 0.3) is 20.8 Å². The maximum atomic E-state index is 13.8. The number of rotatable bonds is 4. The van der Waals surface area contributed by atoms with Crippen LogP contribution < -0.4 is 0 Å². The van der Waals surface area contributed by atoms with Crippen LogP contribution in [-0.4, -0.2) is 17.1 Å². The normalized spacial score (nSPS) is 22.2. The molecule has 1 aliphatic rings. The molecule has 3 unspecified atom stereocenters. The smallest absolute Gasteiger partial charge is 0.417 e. The summed E-state index contributed by atoms with van der Waals surface area (Å²) in [7, 11) is 0. The molecule has 1 saturated carbocycles. The van der Waals surface area contributed by atoms with E-state index in [0.717, 1.165) is 36.7 Å². The summed E-state index contributed by atoms with van der Waals surface area (Å²) in [5.74, 6) is 0.545. The molecule has 0 radical (unpaired) electrons. The van der Waals surface area contributed by atoms with Gasteiger partial charge in [-0.15, -0.1) is 22.7 Å². The van der Waals surface area contributed by atoms with Gasteiger partial charge in [-0.3, -0.25) is 0 Å². The molecule has 1 fully saturated rings. The van der Waals surface area contributed by atoms with Crippen LogP contribution in [0.5, 0.6) is 0 Å². The molecule has 0 amide bonds. The number of hydrogen-bond donors (Lipinski definition) is 0. The van der Waals surface area contributed by atoms with E-state index in [1.807, 2.05) is 0 Å². The van der Waals surface area contributed by atoms with Crippen LogP contribution in [0, 0.1) is 17.8 Å². The Morgan fingerprint density at radius 3 is 2.68 bits per heavy atom. The molecule has 0 aliphatic heterocycles. The average molecular weight is 468 g/mol. The van der Waals surface area contributed by atoms with E-state index in [1.165, 1.54) is 17.4 Å². The van der Waals surface area contributed by atoms with Gasteiger partial charge in [0.2, 0.25) is 0 Å². The van der Waals surface area contributed by atoms with E-state index in [0.29, 0.717) is 16.7 Å². The number of aromatic nitrogens is 1. The van der Waals surface area contributed by atoms with Gasteiger partial charge in [0, 0.05) is 5.39 Å². The summed E-state index contributed by atoms with van der Waals surface area (Å²) < 4.78 is 47.2. The van der Waals surface area contributed by atoms with Crippen molar-refractivity contribution in [2.24, 2.45) is 17.8 Å². The van der Waals surface area contributed by atoms with Gasteiger partial charge in [-0.25, -0.2) is 9.78 Å². The first-order valence-corrected chi connectivity index (χ1v) is 12.1. The number of hydrogen-bond acceptors (Lipinski definition) is 5. The lowest BCUT2D eigenvalue weighted by atomic mass is 9.75. The molecule has 8 heteroatoms. The van der Waals surface area contributed by atoms with Gasteiger partial charge in [0.1, 0.15) is 15.8 Å². The van der Waals surface area contributed by atoms with E-state index in [2.05, 4.69) is 25.8 Å². The van der Waals surface area contributed by atoms with Crippen molar-refractivity contribution in [3.63, 3.8) is 0 Å². The van der Waals surface area contributed by atoms with Gasteiger partial charge < -0.3 is 4.74 Å². The fourth-order valence-corrected chi connectivity index (χ4v) is 5.97. The Kier molecular flexibility index (Phi) is 6.14. The van der Waals surface area contributed by atoms with Gasteiger partial charge in [0.05, 0.1) is 16.1 Å². The number of ether oxygens (including phenoxy) is 1. The molecule has 166 valence electrons. The molecule has 0 aromatic carbocycles. The van der Waals surface area contributed by atoms with Crippen molar-refractivity contribution < 1.29 is 22.7 Å². The molecule has 0 bridgehead atoms. The van der Waals surface area contributed by atoms with Crippen LogP contribution >= 0.6 is 22.7 Å². The van der Waals surface area contributed by atoms with Crippen molar-refractivity contribution in [3.8, 4) is 10.6 Å². The Morgan fingerprint density at radius 2 is 2.03 bits per heavy atom. The zero-order valence-electron chi connectivity index (χ0n) is 17.5. The maximum absolute atomic E-state index is 13.8. The van der Waals surface area contributed by atoms with Crippen molar-refractivity contribution in [2.75, 3.05) is 0 Å². The SMILES string of the molecule is CC1CCC(C(C)C)C(OC(=O)c2cc3c(C(F)(F)F)cc(-c4cccs4)nc3s2)C1. The molecule has 0 spiro atoms. The number of esters is 1. The summed E-state index contributed by atoms with van der Waals surface area (Å²) in [5, 5.41) is 1.74. The van der Waals surface area contributed by atoms with Crippen LogP contribution in [0.4, 0.5) is 13.2 Å². The summed E-state index contributed by atoms with van der Waals surface area (Å²) in [4.78, 5) is 18.3. The van der Waals surface area contributed by atoms with E-state index < -0.39 is 17.7 Å². The van der Waals surface area contributed by atoms with Crippen molar-refractivity contribution in [1.82, 2.24) is 4.98 Å². The summed E-state index contributed by atoms with van der Waals surface area (Å²) in [6, 6.07) is 5.85. The second kappa shape index (κ2) is 8.54. The van der Waals surface area contributed by atoms with E-state index in [1.54, 1.807) is 17.5 Å². The highest BCUT2D eigenvalue weighted by Gasteiger charge is 2.36. The van der Waals surface area contributed by atoms with E-state index in [-0.39, 0.29) is 32.8 Å². The Balaban J connectivity index is 1.69. The highest BCUT2D eigenvalue weighted by molar-refractivity contribution is 7.20. The number of fused-ring (bicyclic) bond motifs is 1. The fraction of sp³-hybridized carbons (Fsp3) is 0.478. The van der Waals surface area contributed by atoms with Crippen LogP contribution in [-0.2, 0) is 10.9 Å². The lowest BCUT2D eigenvalue weighted by Gasteiger charge is -2.36. The topological polar surface area (TPSA) is 39.2 Å². The predicted octanol–water partition coefficient (Wildman–Crippen LogP) is 7.66. The van der Waals surface area contributed by atoms with Crippen molar-refractivity contribution in [2.45, 2.75) is 52.3 Å². The third kappa shape index (κ3) is 4.65. The van der Waals surface area contributed by atoms with Gasteiger partial charge in [-0.05, 0) is 54.2 Å². The minimum Gasteiger partial charge on any atom is -0.458 e. The summed E-state index contributed by atoms with van der Waals surface area (Å²) in [6.45, 7) is 6.38. The van der Waals surface area contributed by atoms with Crippen molar-refractivity contribution in [1.29, 1.82) is 0 Å². The zero-order chi connectivity index (χ0) is 22.3. The molecule has 3 aromatic heterocycles. The number of alkyl halides is 3. The van der Waals surface area contributed by atoms with Gasteiger partial charge >= 0.3 is 12.1 Å². The number of thiophene rings is 2. The lowest BCUT2D eigenvalue weighted by molar-refractivity contribution is -0.136. The summed E-state index contributed by atoms with van der Waals surface area (Å²) in [6.07, 6.45) is -1.87. The first-order chi connectivity index (χ1) is 14.6. The first-order valence-electron chi connectivity index (χ1n) is 10.4. The largest absolute Gasteiger partial charge is 0.458 e. The van der Waals surface area contributed by atoms with Crippen LogP contribution in [0.2, 0.25) is 0 Å². The second-order valence-electron chi connectivity index (χ2n) is 8.63. The van der Waals surface area contributed by atoms with Gasteiger partial charge in [-0.1, -0.05) is 33.3 Å². The lowest BCUT2D eigenvalue weighted by Crippen LogP contribution is -2.35. The number of carbonyl (C=O) groups excluding carboxylic acids is 1. The molecule has 0 N–H and O–H groups in total. The molecule has 3 aromatic rings. The van der Waals surface area contributed by atoms with Crippen LogP contribution in [0.15, 0.2) is 29.6 Å². The molecule has 4 rings (SSSR count). The van der Waals surface area contributed by atoms with E-state index >= 15 is 0 Å². The minimum absolute atomic E-state index is 0.0535. The van der Waals surface area contributed by atoms with Crippen molar-refractivity contribution >= 4 is 38.9 Å². The number of nitrogens with zero attached hydrogens (tertiary/aromatic N) is 1. The van der Waals surface area contributed by atoms with Gasteiger partial charge in [0.25, 0.3) is 0 Å². The second-order valence-corrected chi connectivity index (χ2v) is 10.6.